The fourth-order valence-electron chi connectivity index (χ4n) is 1.40. The second kappa shape index (κ2) is 4.78. The molecular weight excluding hydrogens is 240 g/mol. The van der Waals surface area contributed by atoms with E-state index >= 15 is 0 Å². The van der Waals surface area contributed by atoms with E-state index in [4.69, 9.17) is 0 Å². The van der Waals surface area contributed by atoms with Crippen LogP contribution in [-0.4, -0.2) is 40.4 Å². The zero-order chi connectivity index (χ0) is 13.3. The number of hydrogen-bond acceptors (Lipinski definition) is 4. The van der Waals surface area contributed by atoms with Crippen LogP contribution in [0.5, 0.6) is 0 Å². The number of aliphatic hydroxyl groups excluding tert-OH is 1. The van der Waals surface area contributed by atoms with Gasteiger partial charge in [-0.15, -0.1) is 0 Å². The highest BCUT2D eigenvalue weighted by Gasteiger charge is 2.38. The van der Waals surface area contributed by atoms with Crippen LogP contribution in [0.1, 0.15) is 26.3 Å². The van der Waals surface area contributed by atoms with Crippen LogP contribution in [0.2, 0.25) is 0 Å². The summed E-state index contributed by atoms with van der Waals surface area (Å²) in [7, 11) is -3.30. The van der Waals surface area contributed by atoms with E-state index in [1.807, 2.05) is 13.1 Å². The molecule has 1 atom stereocenters. The quantitative estimate of drug-likeness (QED) is 0.843. The van der Waals surface area contributed by atoms with Gasteiger partial charge in [-0.2, -0.15) is 5.10 Å². The van der Waals surface area contributed by atoms with Gasteiger partial charge >= 0.3 is 0 Å². The van der Waals surface area contributed by atoms with Crippen LogP contribution in [0.15, 0.2) is 12.4 Å². The van der Waals surface area contributed by atoms with Gasteiger partial charge in [0.1, 0.15) is 0 Å². The summed E-state index contributed by atoms with van der Waals surface area (Å²) in [6, 6.07) is 0. The van der Waals surface area contributed by atoms with Crippen molar-refractivity contribution in [2.45, 2.75) is 44.6 Å². The van der Waals surface area contributed by atoms with Crippen LogP contribution in [-0.2, 0) is 22.8 Å². The number of rotatable bonds is 5. The topological polar surface area (TPSA) is 72.2 Å². The molecule has 98 valence electrons. The Morgan fingerprint density at radius 1 is 1.53 bits per heavy atom. The molecule has 5 nitrogen and oxygen atoms in total. The summed E-state index contributed by atoms with van der Waals surface area (Å²) in [5, 5.41) is 14.1. The molecule has 0 aliphatic heterocycles. The third-order valence-corrected chi connectivity index (χ3v) is 5.38. The molecule has 1 rings (SSSR count). The molecule has 0 aliphatic carbocycles. The first-order chi connectivity index (χ1) is 7.68. The molecule has 1 aromatic heterocycles. The molecule has 1 N–H and O–H groups in total. The van der Waals surface area contributed by atoms with Crippen molar-refractivity contribution in [3.8, 4) is 0 Å². The van der Waals surface area contributed by atoms with E-state index in [0.717, 1.165) is 18.4 Å². The Morgan fingerprint density at radius 3 is 2.53 bits per heavy atom. The highest BCUT2D eigenvalue weighted by molar-refractivity contribution is 7.92. The van der Waals surface area contributed by atoms with Crippen LogP contribution in [0.25, 0.3) is 0 Å². The smallest absolute Gasteiger partial charge is 0.155 e. The minimum absolute atomic E-state index is 0.292. The normalized spacial score (nSPS) is 14.9. The maximum atomic E-state index is 11.6. The van der Waals surface area contributed by atoms with Crippen molar-refractivity contribution < 1.29 is 13.5 Å². The molecule has 1 aromatic rings. The van der Waals surface area contributed by atoms with Gasteiger partial charge in [0, 0.05) is 25.4 Å². The van der Waals surface area contributed by atoms with E-state index in [1.165, 1.54) is 13.8 Å². The Bertz CT molecular complexity index is 477. The lowest BCUT2D eigenvalue weighted by Crippen LogP contribution is -2.44. The minimum Gasteiger partial charge on any atom is -0.391 e. The molecule has 0 fully saturated rings. The summed E-state index contributed by atoms with van der Waals surface area (Å²) in [6.07, 6.45) is 3.98. The van der Waals surface area contributed by atoms with Gasteiger partial charge in [0.2, 0.25) is 0 Å². The molecule has 0 bridgehead atoms. The van der Waals surface area contributed by atoms with Gasteiger partial charge < -0.3 is 5.11 Å². The molecule has 0 saturated carbocycles. The third-order valence-electron chi connectivity index (χ3n) is 3.20. The highest BCUT2D eigenvalue weighted by Crippen LogP contribution is 2.22. The number of sulfone groups is 1. The van der Waals surface area contributed by atoms with Crippen LogP contribution in [0.3, 0.4) is 0 Å². The van der Waals surface area contributed by atoms with E-state index in [0.29, 0.717) is 6.42 Å². The average Bonchev–Trinajstić information content (AvgIpc) is 2.63. The van der Waals surface area contributed by atoms with Gasteiger partial charge in [-0.25, -0.2) is 8.42 Å². The molecule has 0 spiro atoms. The van der Waals surface area contributed by atoms with E-state index < -0.39 is 20.7 Å². The molecule has 1 heterocycles. The predicted octanol–water partition coefficient (Wildman–Crippen LogP) is 0.630. The number of hydrogen-bond donors (Lipinski definition) is 1. The average molecular weight is 260 g/mol. The monoisotopic (exact) mass is 260 g/mol. The molecule has 0 aliphatic rings. The third kappa shape index (κ3) is 3.07. The van der Waals surface area contributed by atoms with Gasteiger partial charge in [-0.05, 0) is 26.3 Å². The molecule has 0 saturated heterocycles. The molecule has 0 radical (unpaired) electrons. The summed E-state index contributed by atoms with van der Waals surface area (Å²) in [6.45, 7) is 5.80. The van der Waals surface area contributed by atoms with E-state index in [-0.39, 0.29) is 0 Å². The first kappa shape index (κ1) is 14.2. The second-order valence-corrected chi connectivity index (χ2v) is 7.40. The molecule has 17 heavy (non-hydrogen) atoms. The number of nitrogens with zero attached hydrogens (tertiary/aromatic N) is 2. The fraction of sp³-hybridized carbons (Fsp3) is 0.727. The number of aliphatic hydroxyl groups is 1. The summed E-state index contributed by atoms with van der Waals surface area (Å²) >= 11 is 0. The van der Waals surface area contributed by atoms with Crippen molar-refractivity contribution in [3.63, 3.8) is 0 Å². The van der Waals surface area contributed by atoms with Gasteiger partial charge in [-0.3, -0.25) is 4.68 Å². The number of aryl methyl sites for hydroxylation is 1. The van der Waals surface area contributed by atoms with Crippen LogP contribution < -0.4 is 0 Å². The SMILES string of the molecule is CCn1cc(CC(O)C(C)(C)S(C)(=O)=O)cn1. The van der Waals surface area contributed by atoms with Crippen molar-refractivity contribution in [1.82, 2.24) is 9.78 Å². The van der Waals surface area contributed by atoms with Gasteiger partial charge in [0.15, 0.2) is 9.84 Å². The Hall–Kier alpha value is -0.880. The van der Waals surface area contributed by atoms with E-state index in [1.54, 1.807) is 10.9 Å². The second-order valence-electron chi connectivity index (χ2n) is 4.80. The maximum Gasteiger partial charge on any atom is 0.155 e. The molecule has 1 unspecified atom stereocenters. The van der Waals surface area contributed by atoms with E-state index in [2.05, 4.69) is 5.10 Å². The van der Waals surface area contributed by atoms with Crippen molar-refractivity contribution in [3.05, 3.63) is 18.0 Å². The van der Waals surface area contributed by atoms with Crippen molar-refractivity contribution in [2.24, 2.45) is 0 Å². The fourth-order valence-corrected chi connectivity index (χ4v) is 1.98. The standard InChI is InChI=1S/C11H20N2O3S/c1-5-13-8-9(7-12-13)6-10(14)11(2,3)17(4,15)16/h7-8,10,14H,5-6H2,1-4H3. The minimum atomic E-state index is -3.30. The van der Waals surface area contributed by atoms with Crippen molar-refractivity contribution in [2.75, 3.05) is 6.26 Å². The Kier molecular flexibility index (Phi) is 3.99. The summed E-state index contributed by atoms with van der Waals surface area (Å²) in [5.41, 5.74) is 0.844. The summed E-state index contributed by atoms with van der Waals surface area (Å²) in [5.74, 6) is 0. The lowest BCUT2D eigenvalue weighted by molar-refractivity contribution is 0.138. The Morgan fingerprint density at radius 2 is 2.12 bits per heavy atom. The van der Waals surface area contributed by atoms with Crippen LogP contribution in [0.4, 0.5) is 0 Å². The highest BCUT2D eigenvalue weighted by atomic mass is 32.2. The largest absolute Gasteiger partial charge is 0.391 e. The summed E-state index contributed by atoms with van der Waals surface area (Å²) in [4.78, 5) is 0. The zero-order valence-electron chi connectivity index (χ0n) is 10.7. The van der Waals surface area contributed by atoms with Gasteiger partial charge in [-0.1, -0.05) is 0 Å². The molecule has 0 aromatic carbocycles. The van der Waals surface area contributed by atoms with Gasteiger partial charge in [0.25, 0.3) is 0 Å². The van der Waals surface area contributed by atoms with Crippen LogP contribution in [0, 0.1) is 0 Å². The zero-order valence-corrected chi connectivity index (χ0v) is 11.5. The first-order valence-corrected chi connectivity index (χ1v) is 7.46. The molecule has 0 amide bonds. The van der Waals surface area contributed by atoms with Crippen molar-refractivity contribution >= 4 is 9.84 Å². The predicted molar refractivity (Wildman–Crippen MR) is 66.5 cm³/mol. The van der Waals surface area contributed by atoms with Crippen molar-refractivity contribution in [1.29, 1.82) is 0 Å². The number of aromatic nitrogens is 2. The lowest BCUT2D eigenvalue weighted by Gasteiger charge is -2.28. The lowest BCUT2D eigenvalue weighted by atomic mass is 10.0. The van der Waals surface area contributed by atoms with Gasteiger partial charge in [0.05, 0.1) is 17.0 Å². The molecular formula is C11H20N2O3S. The summed E-state index contributed by atoms with van der Waals surface area (Å²) < 4.78 is 23.7. The van der Waals surface area contributed by atoms with Crippen LogP contribution >= 0.6 is 0 Å². The first-order valence-electron chi connectivity index (χ1n) is 5.57. The Labute approximate surface area is 102 Å². The maximum absolute atomic E-state index is 11.6. The van der Waals surface area contributed by atoms with E-state index in [9.17, 15) is 13.5 Å². The molecule has 6 heteroatoms. The Balaban J connectivity index is 2.82.